The van der Waals surface area contributed by atoms with Crippen molar-refractivity contribution in [1.29, 1.82) is 0 Å². The van der Waals surface area contributed by atoms with Crippen LogP contribution in [-0.4, -0.2) is 36.7 Å². The number of ketones is 2. The summed E-state index contributed by atoms with van der Waals surface area (Å²) in [4.78, 5) is 40.8. The molecule has 1 aromatic rings. The maximum Gasteiger partial charge on any atom is 0.307 e. The summed E-state index contributed by atoms with van der Waals surface area (Å²) in [6.45, 7) is 4.88. The molecule has 196 valence electrons. The SMILES string of the molecule is CC(=O)[C@@]1(OC(=O)CCc2ccc3c(c2)CCN3C)CC[C@H]2[C@@H]3CCC4=CC(=O)CCC4=C3CC[C@@]21C. The van der Waals surface area contributed by atoms with Gasteiger partial charge in [-0.15, -0.1) is 0 Å². The van der Waals surface area contributed by atoms with Crippen molar-refractivity contribution in [1.82, 2.24) is 0 Å². The summed E-state index contributed by atoms with van der Waals surface area (Å²) in [5.41, 5.74) is 6.63. The molecule has 2 saturated carbocycles. The first kappa shape index (κ1) is 24.6. The van der Waals surface area contributed by atoms with Crippen molar-refractivity contribution >= 4 is 23.2 Å². The topological polar surface area (TPSA) is 63.7 Å². The molecule has 4 atom stereocenters. The van der Waals surface area contributed by atoms with E-state index in [-0.39, 0.29) is 23.0 Å². The minimum atomic E-state index is -1.02. The maximum absolute atomic E-state index is 13.3. The molecule has 0 aromatic heterocycles. The van der Waals surface area contributed by atoms with Gasteiger partial charge in [-0.05, 0) is 111 Å². The van der Waals surface area contributed by atoms with Gasteiger partial charge in [0, 0.05) is 37.5 Å². The Morgan fingerprint density at radius 1 is 1.08 bits per heavy atom. The quantitative estimate of drug-likeness (QED) is 0.485. The van der Waals surface area contributed by atoms with Gasteiger partial charge >= 0.3 is 5.97 Å². The smallest absolute Gasteiger partial charge is 0.307 e. The average molecular weight is 502 g/mol. The molecule has 1 aliphatic heterocycles. The molecule has 0 unspecified atom stereocenters. The lowest BCUT2D eigenvalue weighted by Gasteiger charge is -2.52. The molecule has 0 spiro atoms. The Morgan fingerprint density at radius 2 is 1.92 bits per heavy atom. The maximum atomic E-state index is 13.3. The number of ether oxygens (including phenoxy) is 1. The van der Waals surface area contributed by atoms with Gasteiger partial charge in [0.2, 0.25) is 0 Å². The molecular weight excluding hydrogens is 462 g/mol. The van der Waals surface area contributed by atoms with E-state index in [0.717, 1.165) is 57.1 Å². The van der Waals surface area contributed by atoms with E-state index >= 15 is 0 Å². The number of allylic oxidation sites excluding steroid dienone is 4. The lowest BCUT2D eigenvalue weighted by atomic mass is 9.54. The van der Waals surface area contributed by atoms with Gasteiger partial charge in [-0.3, -0.25) is 14.4 Å². The van der Waals surface area contributed by atoms with Gasteiger partial charge in [0.15, 0.2) is 17.2 Å². The van der Waals surface area contributed by atoms with Crippen LogP contribution in [0, 0.1) is 17.3 Å². The molecule has 0 saturated heterocycles. The van der Waals surface area contributed by atoms with Crippen molar-refractivity contribution in [3.05, 3.63) is 52.1 Å². The predicted octanol–water partition coefficient (Wildman–Crippen LogP) is 5.69. The van der Waals surface area contributed by atoms with Crippen molar-refractivity contribution in [2.45, 2.75) is 90.1 Å². The minimum Gasteiger partial charge on any atom is -0.450 e. The monoisotopic (exact) mass is 501 g/mol. The third-order valence-electron chi connectivity index (χ3n) is 10.6. The van der Waals surface area contributed by atoms with Gasteiger partial charge in [0.25, 0.3) is 0 Å². The third-order valence-corrected chi connectivity index (χ3v) is 10.6. The van der Waals surface area contributed by atoms with Crippen molar-refractivity contribution in [2.75, 3.05) is 18.5 Å². The number of nitrogens with zero attached hydrogens (tertiary/aromatic N) is 1. The zero-order valence-corrected chi connectivity index (χ0v) is 22.5. The lowest BCUT2D eigenvalue weighted by molar-refractivity contribution is -0.183. The number of benzene rings is 1. The molecule has 6 rings (SSSR count). The number of esters is 1. The molecule has 0 radical (unpaired) electrons. The second-order valence-electron chi connectivity index (χ2n) is 12.3. The van der Waals surface area contributed by atoms with Gasteiger partial charge in [-0.25, -0.2) is 0 Å². The molecular formula is C32H39NO4. The lowest BCUT2D eigenvalue weighted by Crippen LogP contribution is -2.56. The number of Topliss-reactive ketones (excluding diaryl/α,β-unsaturated/α-hetero) is 1. The fraction of sp³-hybridized carbons (Fsp3) is 0.594. The molecule has 4 aliphatic carbocycles. The number of fused-ring (bicyclic) bond motifs is 5. The fourth-order valence-electron chi connectivity index (χ4n) is 8.62. The van der Waals surface area contributed by atoms with E-state index in [4.69, 9.17) is 4.74 Å². The second-order valence-corrected chi connectivity index (χ2v) is 12.3. The zero-order valence-electron chi connectivity index (χ0n) is 22.5. The molecule has 0 N–H and O–H groups in total. The van der Waals surface area contributed by atoms with E-state index in [1.54, 1.807) is 6.92 Å². The summed E-state index contributed by atoms with van der Waals surface area (Å²) < 4.78 is 6.30. The Bertz CT molecular complexity index is 1240. The van der Waals surface area contributed by atoms with Crippen LogP contribution in [0.5, 0.6) is 0 Å². The molecule has 0 bridgehead atoms. The van der Waals surface area contributed by atoms with Crippen LogP contribution in [0.25, 0.3) is 0 Å². The third kappa shape index (κ3) is 3.83. The van der Waals surface area contributed by atoms with E-state index in [1.165, 1.54) is 28.0 Å². The molecule has 2 fully saturated rings. The number of carbonyl (C=O) groups excluding carboxylic acids is 3. The van der Waals surface area contributed by atoms with Crippen LogP contribution in [0.2, 0.25) is 0 Å². The van der Waals surface area contributed by atoms with Gasteiger partial charge < -0.3 is 9.64 Å². The summed E-state index contributed by atoms with van der Waals surface area (Å²) in [7, 11) is 2.11. The largest absolute Gasteiger partial charge is 0.450 e. The summed E-state index contributed by atoms with van der Waals surface area (Å²) >= 11 is 0. The van der Waals surface area contributed by atoms with Crippen LogP contribution in [0.4, 0.5) is 5.69 Å². The molecule has 5 aliphatic rings. The van der Waals surface area contributed by atoms with Crippen LogP contribution < -0.4 is 4.90 Å². The number of aryl methyl sites for hydroxylation is 1. The molecule has 37 heavy (non-hydrogen) atoms. The van der Waals surface area contributed by atoms with Crippen molar-refractivity contribution in [3.8, 4) is 0 Å². The summed E-state index contributed by atoms with van der Waals surface area (Å²) in [6.07, 6.45) is 10.7. The standard InChI is InChI=1S/C32H39NO4/c1-20(34)32(37-30(36)11-5-21-4-10-29-23(18-21)14-17-33(29)3)16-13-28-27-8-6-22-19-24(35)7-9-25(22)26(27)12-15-31(28,32)2/h4,10,18-19,27-28H,5-9,11-17H2,1-3H3/t27-,28+,31+,32+/m1/s1. The first-order valence-corrected chi connectivity index (χ1v) is 14.2. The number of hydrogen-bond donors (Lipinski definition) is 0. The van der Waals surface area contributed by atoms with Crippen LogP contribution in [-0.2, 0) is 32.0 Å². The van der Waals surface area contributed by atoms with Crippen LogP contribution >= 0.6 is 0 Å². The predicted molar refractivity (Wildman–Crippen MR) is 143 cm³/mol. The first-order chi connectivity index (χ1) is 17.7. The minimum absolute atomic E-state index is 0.00202. The highest BCUT2D eigenvalue weighted by atomic mass is 16.6. The van der Waals surface area contributed by atoms with Crippen molar-refractivity contribution in [2.24, 2.45) is 17.3 Å². The van der Waals surface area contributed by atoms with Crippen molar-refractivity contribution < 1.29 is 19.1 Å². The van der Waals surface area contributed by atoms with E-state index in [1.807, 2.05) is 6.08 Å². The van der Waals surface area contributed by atoms with Gasteiger partial charge in [-0.2, -0.15) is 0 Å². The van der Waals surface area contributed by atoms with E-state index in [0.29, 0.717) is 37.5 Å². The zero-order chi connectivity index (χ0) is 25.9. The fourth-order valence-corrected chi connectivity index (χ4v) is 8.62. The van der Waals surface area contributed by atoms with Crippen molar-refractivity contribution in [3.63, 3.8) is 0 Å². The van der Waals surface area contributed by atoms with Crippen LogP contribution in [0.1, 0.15) is 82.8 Å². The number of likely N-dealkylation sites (N-methyl/N-ethyl adjacent to an activating group) is 1. The Labute approximate surface area is 220 Å². The Hall–Kier alpha value is -2.69. The van der Waals surface area contributed by atoms with Crippen LogP contribution in [0.3, 0.4) is 0 Å². The summed E-state index contributed by atoms with van der Waals surface area (Å²) in [5.74, 6) is 0.784. The summed E-state index contributed by atoms with van der Waals surface area (Å²) in [6, 6.07) is 6.49. The highest BCUT2D eigenvalue weighted by Gasteiger charge is 2.65. The summed E-state index contributed by atoms with van der Waals surface area (Å²) in [5, 5.41) is 0. The second kappa shape index (κ2) is 8.96. The Balaban J connectivity index is 1.20. The normalized spacial score (nSPS) is 32.4. The number of rotatable bonds is 5. The number of hydrogen-bond acceptors (Lipinski definition) is 5. The molecule has 0 amide bonds. The number of carbonyl (C=O) groups is 3. The van der Waals surface area contributed by atoms with Crippen LogP contribution in [0.15, 0.2) is 41.0 Å². The average Bonchev–Trinajstić information content (AvgIpc) is 3.39. The molecule has 1 heterocycles. The molecule has 1 aromatic carbocycles. The first-order valence-electron chi connectivity index (χ1n) is 14.2. The highest BCUT2D eigenvalue weighted by Crippen LogP contribution is 2.64. The van der Waals surface area contributed by atoms with E-state index in [2.05, 4.69) is 37.1 Å². The Morgan fingerprint density at radius 3 is 2.73 bits per heavy atom. The molecule has 5 heteroatoms. The van der Waals surface area contributed by atoms with Gasteiger partial charge in [0.1, 0.15) is 0 Å². The molecule has 5 nitrogen and oxygen atoms in total. The van der Waals surface area contributed by atoms with E-state index < -0.39 is 5.60 Å². The highest BCUT2D eigenvalue weighted by molar-refractivity contribution is 5.93. The van der Waals surface area contributed by atoms with Gasteiger partial charge in [-0.1, -0.05) is 24.6 Å². The number of anilines is 1. The Kier molecular flexibility index (Phi) is 5.96. The van der Waals surface area contributed by atoms with Gasteiger partial charge in [0.05, 0.1) is 0 Å². The van der Waals surface area contributed by atoms with E-state index in [9.17, 15) is 14.4 Å².